The van der Waals surface area contributed by atoms with Gasteiger partial charge in [0.25, 0.3) is 7.52 Å². The maximum absolute atomic E-state index is 10.8. The summed E-state index contributed by atoms with van der Waals surface area (Å²) in [6.07, 6.45) is -0.604. The lowest BCUT2D eigenvalue weighted by molar-refractivity contribution is -0.140. The van der Waals surface area contributed by atoms with Crippen LogP contribution in [0.15, 0.2) is 0 Å². The van der Waals surface area contributed by atoms with E-state index in [1.54, 1.807) is 0 Å². The average molecular weight is 225 g/mol. The van der Waals surface area contributed by atoms with Gasteiger partial charge in [0.15, 0.2) is 0 Å². The van der Waals surface area contributed by atoms with Crippen LogP contribution in [-0.2, 0) is 14.2 Å². The minimum atomic E-state index is -3.66. The predicted molar refractivity (Wildman–Crippen MR) is 47.2 cm³/mol. The van der Waals surface area contributed by atoms with E-state index in [9.17, 15) is 14.2 Å². The van der Waals surface area contributed by atoms with Gasteiger partial charge in [-0.3, -0.25) is 14.2 Å². The van der Waals surface area contributed by atoms with Gasteiger partial charge in [-0.05, 0) is 6.42 Å². The number of hydrogen-bond donors (Lipinski definition) is 4. The fourth-order valence-corrected chi connectivity index (χ4v) is 1.62. The molecule has 2 unspecified atom stereocenters. The molecule has 0 aliphatic heterocycles. The number of rotatable bonds is 6. The lowest BCUT2D eigenvalue weighted by Crippen LogP contribution is -2.34. The number of carboxylic acid groups (broad SMARTS) is 2. The van der Waals surface area contributed by atoms with Gasteiger partial charge in [0.05, 0.1) is 0 Å². The Balaban J connectivity index is 4.24. The monoisotopic (exact) mass is 225 g/mol. The molecule has 0 spiro atoms. The second kappa shape index (κ2) is 5.09. The summed E-state index contributed by atoms with van der Waals surface area (Å²) in [7, 11) is -3.66. The summed E-state index contributed by atoms with van der Waals surface area (Å²) in [6, 6.07) is -1.31. The minimum absolute atomic E-state index is 0.233. The maximum atomic E-state index is 10.8. The van der Waals surface area contributed by atoms with Gasteiger partial charge in [0, 0.05) is 13.1 Å². The third-order valence-electron chi connectivity index (χ3n) is 1.34. The molecule has 0 aliphatic carbocycles. The molecular weight excluding hydrogens is 213 g/mol. The molecular formula is C6H12NO6P. The first-order chi connectivity index (χ1) is 6.22. The molecule has 0 aromatic heterocycles. The molecule has 0 bridgehead atoms. The average Bonchev–Trinajstić information content (AvgIpc) is 1.94. The lowest BCUT2D eigenvalue weighted by Gasteiger charge is -2.15. The van der Waals surface area contributed by atoms with Gasteiger partial charge in [-0.1, -0.05) is 0 Å². The highest BCUT2D eigenvalue weighted by Gasteiger charge is 2.24. The smallest absolute Gasteiger partial charge is 0.321 e. The van der Waals surface area contributed by atoms with Crippen LogP contribution in [0.2, 0.25) is 0 Å². The van der Waals surface area contributed by atoms with Gasteiger partial charge in [0.1, 0.15) is 6.04 Å². The lowest BCUT2D eigenvalue weighted by atomic mass is 10.2. The van der Waals surface area contributed by atoms with Crippen LogP contribution in [0.1, 0.15) is 12.8 Å². The number of nitrogens with one attached hydrogen (secondary N) is 1. The first-order valence-corrected chi connectivity index (χ1v) is 5.85. The summed E-state index contributed by atoms with van der Waals surface area (Å²) < 4.78 is 10.8. The normalized spacial score (nSPS) is 17.0. The second-order valence-corrected chi connectivity index (χ2v) is 4.85. The zero-order valence-electron chi connectivity index (χ0n) is 7.51. The minimum Gasteiger partial charge on any atom is -0.481 e. The fourth-order valence-electron chi connectivity index (χ4n) is 0.800. The molecule has 4 N–H and O–H groups in total. The highest BCUT2D eigenvalue weighted by Crippen LogP contribution is 2.30. The third-order valence-corrected chi connectivity index (χ3v) is 2.13. The van der Waals surface area contributed by atoms with Gasteiger partial charge in [0.2, 0.25) is 0 Å². The topological polar surface area (TPSA) is 124 Å². The van der Waals surface area contributed by atoms with E-state index in [1.807, 2.05) is 5.09 Å². The first-order valence-electron chi connectivity index (χ1n) is 3.75. The molecule has 0 saturated heterocycles. The van der Waals surface area contributed by atoms with Gasteiger partial charge in [-0.2, -0.15) is 0 Å². The molecule has 0 aromatic rings. The first kappa shape index (κ1) is 13.1. The summed E-state index contributed by atoms with van der Waals surface area (Å²) in [5, 5.41) is 18.8. The van der Waals surface area contributed by atoms with E-state index in [0.29, 0.717) is 0 Å². The highest BCUT2D eigenvalue weighted by molar-refractivity contribution is 7.55. The Hall–Kier alpha value is -0.910. The molecule has 0 heterocycles. The van der Waals surface area contributed by atoms with Gasteiger partial charge in [-0.25, -0.2) is 5.09 Å². The van der Waals surface area contributed by atoms with E-state index in [-0.39, 0.29) is 12.8 Å². The molecule has 2 atom stereocenters. The molecule has 0 rings (SSSR count). The number of carbonyl (C=O) groups is 2. The van der Waals surface area contributed by atoms with E-state index in [2.05, 4.69) is 0 Å². The van der Waals surface area contributed by atoms with Crippen LogP contribution < -0.4 is 5.09 Å². The van der Waals surface area contributed by atoms with E-state index in [4.69, 9.17) is 15.1 Å². The SMILES string of the molecule is CP(=O)(O)NC(CCC(=O)O)C(=O)O. The van der Waals surface area contributed by atoms with Crippen molar-refractivity contribution in [1.29, 1.82) is 0 Å². The van der Waals surface area contributed by atoms with Crippen molar-refractivity contribution in [2.75, 3.05) is 6.66 Å². The summed E-state index contributed by atoms with van der Waals surface area (Å²) in [5.74, 6) is -2.50. The van der Waals surface area contributed by atoms with Crippen LogP contribution in [0.5, 0.6) is 0 Å². The summed E-state index contributed by atoms with van der Waals surface area (Å²) in [5.41, 5.74) is 0. The molecule has 0 fully saturated rings. The quantitative estimate of drug-likeness (QED) is 0.458. The Morgan fingerprint density at radius 1 is 1.43 bits per heavy atom. The van der Waals surface area contributed by atoms with Crippen LogP contribution in [0, 0.1) is 0 Å². The summed E-state index contributed by atoms with van der Waals surface area (Å²) in [6.45, 7) is 0.948. The van der Waals surface area contributed by atoms with Gasteiger partial charge in [-0.15, -0.1) is 0 Å². The van der Waals surface area contributed by atoms with Crippen molar-refractivity contribution in [3.8, 4) is 0 Å². The Bertz CT molecular complexity index is 271. The van der Waals surface area contributed by atoms with Crippen molar-refractivity contribution in [3.63, 3.8) is 0 Å². The van der Waals surface area contributed by atoms with E-state index in [1.165, 1.54) is 0 Å². The highest BCUT2D eigenvalue weighted by atomic mass is 31.2. The van der Waals surface area contributed by atoms with Gasteiger partial charge >= 0.3 is 11.9 Å². The van der Waals surface area contributed by atoms with Crippen molar-refractivity contribution < 1.29 is 29.3 Å². The number of aliphatic carboxylic acids is 2. The van der Waals surface area contributed by atoms with Crippen LogP contribution in [0.25, 0.3) is 0 Å². The summed E-state index contributed by atoms with van der Waals surface area (Å²) in [4.78, 5) is 29.5. The Kier molecular flexibility index (Phi) is 4.76. The van der Waals surface area contributed by atoms with Crippen LogP contribution in [-0.4, -0.2) is 39.8 Å². The zero-order chi connectivity index (χ0) is 11.4. The fraction of sp³-hybridized carbons (Fsp3) is 0.667. The zero-order valence-corrected chi connectivity index (χ0v) is 8.40. The molecule has 0 radical (unpaired) electrons. The Morgan fingerprint density at radius 3 is 2.21 bits per heavy atom. The Labute approximate surface area is 80.3 Å². The van der Waals surface area contributed by atoms with E-state index < -0.39 is 25.5 Å². The molecule has 0 saturated carbocycles. The number of hydrogen-bond acceptors (Lipinski definition) is 3. The molecule has 8 heteroatoms. The van der Waals surface area contributed by atoms with Crippen molar-refractivity contribution >= 4 is 19.5 Å². The van der Waals surface area contributed by atoms with Crippen LogP contribution in [0.4, 0.5) is 0 Å². The molecule has 14 heavy (non-hydrogen) atoms. The van der Waals surface area contributed by atoms with Crippen molar-refractivity contribution in [3.05, 3.63) is 0 Å². The molecule has 0 aromatic carbocycles. The van der Waals surface area contributed by atoms with Crippen molar-refractivity contribution in [1.82, 2.24) is 5.09 Å². The molecule has 7 nitrogen and oxygen atoms in total. The third kappa shape index (κ3) is 6.59. The standard InChI is InChI=1S/C6H12NO6P/c1-14(12,13)7-4(6(10)11)2-3-5(8)9/h4H,2-3H2,1H3,(H,8,9)(H,10,11)(H2,7,12,13). The van der Waals surface area contributed by atoms with Crippen LogP contribution >= 0.6 is 7.52 Å². The second-order valence-electron chi connectivity index (χ2n) is 2.83. The van der Waals surface area contributed by atoms with E-state index in [0.717, 1.165) is 6.66 Å². The summed E-state index contributed by atoms with van der Waals surface area (Å²) >= 11 is 0. The molecule has 82 valence electrons. The largest absolute Gasteiger partial charge is 0.481 e. The van der Waals surface area contributed by atoms with Crippen molar-refractivity contribution in [2.24, 2.45) is 0 Å². The Morgan fingerprint density at radius 2 is 1.93 bits per heavy atom. The predicted octanol–water partition coefficient (Wildman–Crippen LogP) is -0.291. The number of carboxylic acids is 2. The van der Waals surface area contributed by atoms with Gasteiger partial charge < -0.3 is 15.1 Å². The molecule has 0 amide bonds. The van der Waals surface area contributed by atoms with E-state index >= 15 is 0 Å². The molecule has 0 aliphatic rings. The van der Waals surface area contributed by atoms with Crippen LogP contribution in [0.3, 0.4) is 0 Å². The van der Waals surface area contributed by atoms with Crippen molar-refractivity contribution in [2.45, 2.75) is 18.9 Å². The maximum Gasteiger partial charge on any atom is 0.321 e.